The second-order valence-electron chi connectivity index (χ2n) is 3.35. The summed E-state index contributed by atoms with van der Waals surface area (Å²) in [6, 6.07) is 7.96. The van der Waals surface area contributed by atoms with Gasteiger partial charge in [-0.25, -0.2) is 0 Å². The average Bonchev–Trinajstić information content (AvgIpc) is 2.31. The van der Waals surface area contributed by atoms with Crippen molar-refractivity contribution in [2.24, 2.45) is 0 Å². The van der Waals surface area contributed by atoms with Gasteiger partial charge in [0.15, 0.2) is 0 Å². The second kappa shape index (κ2) is 6.51. The Labute approximate surface area is 105 Å². The predicted octanol–water partition coefficient (Wildman–Crippen LogP) is 2.79. The maximum Gasteiger partial charge on any atom is 0.101 e. The normalized spacial score (nSPS) is 9.88. The van der Waals surface area contributed by atoms with Gasteiger partial charge in [-0.3, -0.25) is 0 Å². The van der Waals surface area contributed by atoms with Crippen molar-refractivity contribution in [2.45, 2.75) is 6.92 Å². The lowest BCUT2D eigenvalue weighted by molar-refractivity contribution is 0.205. The molecule has 0 aliphatic heterocycles. The Morgan fingerprint density at radius 1 is 1.50 bits per heavy atom. The summed E-state index contributed by atoms with van der Waals surface area (Å²) in [6.45, 7) is 4.39. The molecule has 16 heavy (non-hydrogen) atoms. The highest BCUT2D eigenvalue weighted by molar-refractivity contribution is 9.10. The Bertz CT molecular complexity index is 387. The minimum atomic E-state index is 0.661. The van der Waals surface area contributed by atoms with E-state index in [0.29, 0.717) is 12.2 Å². The molecule has 0 fully saturated rings. The highest BCUT2D eigenvalue weighted by Crippen LogP contribution is 2.23. The molecule has 0 amide bonds. The third kappa shape index (κ3) is 3.22. The molecule has 4 heteroatoms. The lowest BCUT2D eigenvalue weighted by Crippen LogP contribution is -2.27. The second-order valence-corrected chi connectivity index (χ2v) is 4.26. The first kappa shape index (κ1) is 13.0. The van der Waals surface area contributed by atoms with Crippen LogP contribution in [-0.4, -0.2) is 26.8 Å². The number of methoxy groups -OCH3 is 1. The zero-order valence-electron chi connectivity index (χ0n) is 9.53. The Hall–Kier alpha value is -1.05. The summed E-state index contributed by atoms with van der Waals surface area (Å²) >= 11 is 3.37. The van der Waals surface area contributed by atoms with Crippen LogP contribution >= 0.6 is 15.9 Å². The van der Waals surface area contributed by atoms with Gasteiger partial charge in [0, 0.05) is 24.7 Å². The van der Waals surface area contributed by atoms with Crippen LogP contribution in [0.25, 0.3) is 0 Å². The summed E-state index contributed by atoms with van der Waals surface area (Å²) in [7, 11) is 1.68. The van der Waals surface area contributed by atoms with Gasteiger partial charge in [-0.1, -0.05) is 15.9 Å². The van der Waals surface area contributed by atoms with Crippen LogP contribution in [0.3, 0.4) is 0 Å². The first-order valence-electron chi connectivity index (χ1n) is 5.16. The van der Waals surface area contributed by atoms with Crippen molar-refractivity contribution in [3.05, 3.63) is 28.2 Å². The summed E-state index contributed by atoms with van der Waals surface area (Å²) in [5, 5.41) is 9.08. The van der Waals surface area contributed by atoms with Crippen LogP contribution in [0, 0.1) is 11.3 Å². The van der Waals surface area contributed by atoms with E-state index in [1.165, 1.54) is 0 Å². The molecule has 0 radical (unpaired) electrons. The van der Waals surface area contributed by atoms with E-state index in [2.05, 4.69) is 33.8 Å². The van der Waals surface area contributed by atoms with Crippen LogP contribution in [0.2, 0.25) is 0 Å². The third-order valence-corrected chi connectivity index (χ3v) is 2.86. The summed E-state index contributed by atoms with van der Waals surface area (Å²) in [6.07, 6.45) is 0. The third-order valence-electron chi connectivity index (χ3n) is 2.37. The van der Waals surface area contributed by atoms with Crippen molar-refractivity contribution in [3.63, 3.8) is 0 Å². The molecule has 0 aromatic heterocycles. The molecule has 0 N–H and O–H groups in total. The minimum Gasteiger partial charge on any atom is -0.383 e. The molecule has 0 unspecified atom stereocenters. The Kier molecular flexibility index (Phi) is 5.30. The fourth-order valence-electron chi connectivity index (χ4n) is 1.52. The molecular weight excluding hydrogens is 268 g/mol. The van der Waals surface area contributed by atoms with Gasteiger partial charge in [-0.05, 0) is 25.1 Å². The Balaban J connectivity index is 2.96. The van der Waals surface area contributed by atoms with Gasteiger partial charge >= 0.3 is 0 Å². The lowest BCUT2D eigenvalue weighted by Gasteiger charge is -2.23. The maximum absolute atomic E-state index is 9.08. The number of nitrogens with zero attached hydrogens (tertiary/aromatic N) is 2. The maximum atomic E-state index is 9.08. The van der Waals surface area contributed by atoms with Crippen LogP contribution in [0.5, 0.6) is 0 Å². The molecule has 0 spiro atoms. The number of ether oxygens (including phenoxy) is 1. The van der Waals surface area contributed by atoms with Crippen LogP contribution in [0.4, 0.5) is 5.69 Å². The highest BCUT2D eigenvalue weighted by Gasteiger charge is 2.09. The van der Waals surface area contributed by atoms with Crippen LogP contribution in [0.1, 0.15) is 12.5 Å². The van der Waals surface area contributed by atoms with Gasteiger partial charge in [0.25, 0.3) is 0 Å². The molecule has 0 saturated heterocycles. The molecular formula is C12H15BrN2O. The minimum absolute atomic E-state index is 0.661. The zero-order chi connectivity index (χ0) is 12.0. The van der Waals surface area contributed by atoms with Gasteiger partial charge in [0.05, 0.1) is 17.9 Å². The van der Waals surface area contributed by atoms with Crippen molar-refractivity contribution < 1.29 is 4.74 Å². The fraction of sp³-hybridized carbons (Fsp3) is 0.417. The molecule has 1 aromatic rings. The van der Waals surface area contributed by atoms with Crippen LogP contribution < -0.4 is 4.90 Å². The smallest absolute Gasteiger partial charge is 0.101 e. The van der Waals surface area contributed by atoms with E-state index in [1.807, 2.05) is 18.2 Å². The van der Waals surface area contributed by atoms with Crippen molar-refractivity contribution >= 4 is 21.6 Å². The summed E-state index contributed by atoms with van der Waals surface area (Å²) in [5.74, 6) is 0. The van der Waals surface area contributed by atoms with Crippen LogP contribution in [0.15, 0.2) is 22.7 Å². The molecule has 0 saturated carbocycles. The lowest BCUT2D eigenvalue weighted by atomic mass is 10.1. The van der Waals surface area contributed by atoms with E-state index in [1.54, 1.807) is 7.11 Å². The first-order chi connectivity index (χ1) is 7.72. The van der Waals surface area contributed by atoms with E-state index in [-0.39, 0.29) is 0 Å². The molecule has 0 bridgehead atoms. The SMILES string of the molecule is CCN(CCOC)c1ccc(Br)cc1C#N. The zero-order valence-corrected chi connectivity index (χ0v) is 11.1. The topological polar surface area (TPSA) is 36.3 Å². The Morgan fingerprint density at radius 3 is 2.81 bits per heavy atom. The highest BCUT2D eigenvalue weighted by atomic mass is 79.9. The molecule has 86 valence electrons. The Morgan fingerprint density at radius 2 is 2.25 bits per heavy atom. The number of hydrogen-bond acceptors (Lipinski definition) is 3. The van der Waals surface area contributed by atoms with E-state index in [4.69, 9.17) is 10.00 Å². The molecule has 0 heterocycles. The average molecular weight is 283 g/mol. The number of hydrogen-bond donors (Lipinski definition) is 0. The number of halogens is 1. The number of benzene rings is 1. The molecule has 1 aromatic carbocycles. The standard InChI is InChI=1S/C12H15BrN2O/c1-3-15(6-7-16-2)12-5-4-11(13)8-10(12)9-14/h4-5,8H,3,6-7H2,1-2H3. The first-order valence-corrected chi connectivity index (χ1v) is 5.95. The predicted molar refractivity (Wildman–Crippen MR) is 68.6 cm³/mol. The van der Waals surface area contributed by atoms with Crippen molar-refractivity contribution in [1.29, 1.82) is 5.26 Å². The molecule has 1 rings (SSSR count). The molecule has 0 aliphatic rings. The van der Waals surface area contributed by atoms with Gasteiger partial charge in [-0.15, -0.1) is 0 Å². The number of rotatable bonds is 5. The van der Waals surface area contributed by atoms with Crippen molar-refractivity contribution in [1.82, 2.24) is 0 Å². The number of nitriles is 1. The quantitative estimate of drug-likeness (QED) is 0.833. The monoisotopic (exact) mass is 282 g/mol. The van der Waals surface area contributed by atoms with Gasteiger partial charge in [0.1, 0.15) is 6.07 Å². The summed E-state index contributed by atoms with van der Waals surface area (Å²) < 4.78 is 5.99. The molecule has 0 aliphatic carbocycles. The van der Waals surface area contributed by atoms with Crippen LogP contribution in [-0.2, 0) is 4.74 Å². The fourth-order valence-corrected chi connectivity index (χ4v) is 1.89. The van der Waals surface area contributed by atoms with E-state index in [9.17, 15) is 0 Å². The van der Waals surface area contributed by atoms with Gasteiger partial charge in [0.2, 0.25) is 0 Å². The summed E-state index contributed by atoms with van der Waals surface area (Å²) in [5.41, 5.74) is 1.65. The van der Waals surface area contributed by atoms with E-state index in [0.717, 1.165) is 23.2 Å². The van der Waals surface area contributed by atoms with E-state index >= 15 is 0 Å². The van der Waals surface area contributed by atoms with Gasteiger partial charge < -0.3 is 9.64 Å². The van der Waals surface area contributed by atoms with E-state index < -0.39 is 0 Å². The van der Waals surface area contributed by atoms with Crippen molar-refractivity contribution in [3.8, 4) is 6.07 Å². The molecule has 3 nitrogen and oxygen atoms in total. The largest absolute Gasteiger partial charge is 0.383 e. The summed E-state index contributed by atoms with van der Waals surface area (Å²) in [4.78, 5) is 2.13. The number of anilines is 1. The van der Waals surface area contributed by atoms with Gasteiger partial charge in [-0.2, -0.15) is 5.26 Å². The number of likely N-dealkylation sites (N-methyl/N-ethyl adjacent to an activating group) is 1. The molecule has 0 atom stereocenters. The van der Waals surface area contributed by atoms with Crippen molar-refractivity contribution in [2.75, 3.05) is 31.7 Å².